The zero-order valence-corrected chi connectivity index (χ0v) is 12.3. The van der Waals surface area contributed by atoms with E-state index in [0.29, 0.717) is 0 Å². The highest BCUT2D eigenvalue weighted by Gasteiger charge is 2.45. The largest absolute Gasteiger partial charge is 0.486 e. The number of aryl methyl sites for hydroxylation is 1. The summed E-state index contributed by atoms with van der Waals surface area (Å²) in [7, 11) is 1.99. The van der Waals surface area contributed by atoms with Crippen LogP contribution in [0.2, 0.25) is 0 Å². The number of nitrogens with one attached hydrogen (secondary N) is 1. The van der Waals surface area contributed by atoms with Gasteiger partial charge in [0.05, 0.1) is 0 Å². The van der Waals surface area contributed by atoms with Crippen molar-refractivity contribution in [3.63, 3.8) is 0 Å². The molecule has 1 aliphatic rings. The first-order valence-corrected chi connectivity index (χ1v) is 6.81. The van der Waals surface area contributed by atoms with Crippen LogP contribution in [0.4, 0.5) is 0 Å². The van der Waals surface area contributed by atoms with Gasteiger partial charge in [-0.3, -0.25) is 0 Å². The van der Waals surface area contributed by atoms with Gasteiger partial charge >= 0.3 is 0 Å². The van der Waals surface area contributed by atoms with Crippen LogP contribution in [0, 0.1) is 6.92 Å². The van der Waals surface area contributed by atoms with Gasteiger partial charge in [-0.25, -0.2) is 0 Å². The highest BCUT2D eigenvalue weighted by molar-refractivity contribution is 5.39. The van der Waals surface area contributed by atoms with E-state index in [4.69, 9.17) is 4.74 Å². The van der Waals surface area contributed by atoms with Crippen molar-refractivity contribution in [1.82, 2.24) is 5.32 Å². The summed E-state index contributed by atoms with van der Waals surface area (Å²) in [5.41, 5.74) is 2.87. The Morgan fingerprint density at radius 1 is 1.28 bits per heavy atom. The molecule has 1 aromatic rings. The van der Waals surface area contributed by atoms with Gasteiger partial charge in [-0.05, 0) is 49.4 Å². The Kier molecular flexibility index (Phi) is 3.41. The molecule has 1 aromatic carbocycles. The third-order valence-electron chi connectivity index (χ3n) is 3.67. The topological polar surface area (TPSA) is 21.3 Å². The number of ether oxygens (including phenoxy) is 1. The van der Waals surface area contributed by atoms with Crippen LogP contribution < -0.4 is 10.1 Å². The normalized spacial score (nSPS) is 17.6. The van der Waals surface area contributed by atoms with E-state index in [1.807, 2.05) is 7.05 Å². The van der Waals surface area contributed by atoms with E-state index >= 15 is 0 Å². The van der Waals surface area contributed by atoms with Crippen LogP contribution in [0.5, 0.6) is 5.75 Å². The number of hydrogen-bond acceptors (Lipinski definition) is 2. The number of rotatable bonds is 4. The molecule has 0 aromatic heterocycles. The third-order valence-corrected chi connectivity index (χ3v) is 3.67. The highest BCUT2D eigenvalue weighted by atomic mass is 16.5. The Hall–Kier alpha value is -1.02. The van der Waals surface area contributed by atoms with Crippen LogP contribution in [-0.2, 0) is 5.41 Å². The van der Waals surface area contributed by atoms with Crippen molar-refractivity contribution in [2.75, 3.05) is 13.6 Å². The molecule has 0 radical (unpaired) electrons. The van der Waals surface area contributed by atoms with Gasteiger partial charge in [-0.2, -0.15) is 0 Å². The standard InChI is InChI=1S/C16H25NO/c1-12-10-13(15(2,3)4)6-7-14(12)18-16(8-9-16)11-17-5/h6-7,10,17H,8-9,11H2,1-5H3. The van der Waals surface area contributed by atoms with E-state index in [0.717, 1.165) is 25.1 Å². The molecule has 1 N–H and O–H groups in total. The fourth-order valence-corrected chi connectivity index (χ4v) is 2.24. The molecule has 2 heteroatoms. The number of benzene rings is 1. The lowest BCUT2D eigenvalue weighted by Crippen LogP contribution is -2.31. The summed E-state index contributed by atoms with van der Waals surface area (Å²) in [5.74, 6) is 1.04. The van der Waals surface area contributed by atoms with E-state index in [1.165, 1.54) is 11.1 Å². The fraction of sp³-hybridized carbons (Fsp3) is 0.625. The van der Waals surface area contributed by atoms with Crippen molar-refractivity contribution >= 4 is 0 Å². The SMILES string of the molecule is CNCC1(Oc2ccc(C(C)(C)C)cc2C)CC1. The van der Waals surface area contributed by atoms with Crippen LogP contribution >= 0.6 is 0 Å². The van der Waals surface area contributed by atoms with Crippen LogP contribution in [0.25, 0.3) is 0 Å². The van der Waals surface area contributed by atoms with Crippen molar-refractivity contribution < 1.29 is 4.74 Å². The van der Waals surface area contributed by atoms with Crippen LogP contribution in [0.3, 0.4) is 0 Å². The summed E-state index contributed by atoms with van der Waals surface area (Å²) in [6, 6.07) is 6.58. The van der Waals surface area contributed by atoms with Gasteiger partial charge in [-0.1, -0.05) is 32.9 Å². The molecule has 0 spiro atoms. The van der Waals surface area contributed by atoms with Crippen molar-refractivity contribution in [1.29, 1.82) is 0 Å². The number of likely N-dealkylation sites (N-methyl/N-ethyl adjacent to an activating group) is 1. The summed E-state index contributed by atoms with van der Waals surface area (Å²) >= 11 is 0. The van der Waals surface area contributed by atoms with Crippen molar-refractivity contribution in [3.8, 4) is 5.75 Å². The third kappa shape index (κ3) is 2.86. The minimum atomic E-state index is 0.0583. The molecule has 0 bridgehead atoms. The Bertz CT molecular complexity index is 427. The zero-order valence-electron chi connectivity index (χ0n) is 12.3. The lowest BCUT2D eigenvalue weighted by molar-refractivity contribution is 0.177. The maximum Gasteiger partial charge on any atom is 0.123 e. The van der Waals surface area contributed by atoms with Gasteiger partial charge in [0.15, 0.2) is 0 Å². The Labute approximate surface area is 111 Å². The van der Waals surface area contributed by atoms with Gasteiger partial charge in [0.1, 0.15) is 11.4 Å². The second-order valence-electron chi connectivity index (χ2n) is 6.55. The quantitative estimate of drug-likeness (QED) is 0.880. The molecule has 2 rings (SSSR count). The van der Waals surface area contributed by atoms with Crippen molar-refractivity contribution in [3.05, 3.63) is 29.3 Å². The molecule has 1 fully saturated rings. The lowest BCUT2D eigenvalue weighted by Gasteiger charge is -2.23. The average molecular weight is 247 g/mol. The molecule has 1 saturated carbocycles. The second-order valence-corrected chi connectivity index (χ2v) is 6.55. The molecule has 0 heterocycles. The predicted molar refractivity (Wildman–Crippen MR) is 76.4 cm³/mol. The first-order valence-electron chi connectivity index (χ1n) is 6.81. The van der Waals surface area contributed by atoms with E-state index in [2.05, 4.69) is 51.2 Å². The van der Waals surface area contributed by atoms with E-state index in [1.54, 1.807) is 0 Å². The molecule has 0 unspecified atom stereocenters. The summed E-state index contributed by atoms with van der Waals surface area (Å²) in [5, 5.41) is 3.22. The van der Waals surface area contributed by atoms with Gasteiger partial charge in [-0.15, -0.1) is 0 Å². The average Bonchev–Trinajstić information content (AvgIpc) is 3.00. The van der Waals surface area contributed by atoms with Gasteiger partial charge in [0, 0.05) is 6.54 Å². The predicted octanol–water partition coefficient (Wildman–Crippen LogP) is 3.42. The van der Waals surface area contributed by atoms with E-state index in [9.17, 15) is 0 Å². The van der Waals surface area contributed by atoms with Crippen molar-refractivity contribution in [2.24, 2.45) is 0 Å². The first kappa shape index (κ1) is 13.4. The van der Waals surface area contributed by atoms with Crippen LogP contribution in [-0.4, -0.2) is 19.2 Å². The molecule has 100 valence electrons. The maximum atomic E-state index is 6.19. The fourth-order valence-electron chi connectivity index (χ4n) is 2.24. The van der Waals surface area contributed by atoms with Gasteiger partial charge in [0.25, 0.3) is 0 Å². The van der Waals surface area contributed by atoms with E-state index < -0.39 is 0 Å². The van der Waals surface area contributed by atoms with Crippen molar-refractivity contribution in [2.45, 2.75) is 51.6 Å². The first-order chi connectivity index (χ1) is 8.36. The monoisotopic (exact) mass is 247 g/mol. The Morgan fingerprint density at radius 3 is 2.39 bits per heavy atom. The maximum absolute atomic E-state index is 6.19. The molecular weight excluding hydrogens is 222 g/mol. The Morgan fingerprint density at radius 2 is 1.94 bits per heavy atom. The summed E-state index contributed by atoms with van der Waals surface area (Å²) in [6.45, 7) is 9.80. The van der Waals surface area contributed by atoms with E-state index in [-0.39, 0.29) is 11.0 Å². The molecule has 0 atom stereocenters. The zero-order chi connectivity index (χ0) is 13.4. The Balaban J connectivity index is 2.16. The lowest BCUT2D eigenvalue weighted by atomic mass is 9.86. The summed E-state index contributed by atoms with van der Waals surface area (Å²) in [4.78, 5) is 0. The molecule has 18 heavy (non-hydrogen) atoms. The van der Waals surface area contributed by atoms with Crippen LogP contribution in [0.1, 0.15) is 44.7 Å². The second kappa shape index (κ2) is 4.58. The molecule has 2 nitrogen and oxygen atoms in total. The smallest absolute Gasteiger partial charge is 0.123 e. The molecule has 0 amide bonds. The van der Waals surface area contributed by atoms with Gasteiger partial charge < -0.3 is 10.1 Å². The molecule has 0 aliphatic heterocycles. The summed E-state index contributed by atoms with van der Waals surface area (Å²) < 4.78 is 6.19. The van der Waals surface area contributed by atoms with Gasteiger partial charge in [0.2, 0.25) is 0 Å². The van der Waals surface area contributed by atoms with Crippen LogP contribution in [0.15, 0.2) is 18.2 Å². The number of hydrogen-bond donors (Lipinski definition) is 1. The minimum absolute atomic E-state index is 0.0583. The molecular formula is C16H25NO. The molecule has 0 saturated heterocycles. The molecule has 1 aliphatic carbocycles. The highest BCUT2D eigenvalue weighted by Crippen LogP contribution is 2.41. The minimum Gasteiger partial charge on any atom is -0.486 e. The summed E-state index contributed by atoms with van der Waals surface area (Å²) in [6.07, 6.45) is 2.32.